The number of nitrogens with one attached hydrogen (secondary N) is 2. The van der Waals surface area contributed by atoms with Crippen molar-refractivity contribution in [3.8, 4) is 5.69 Å². The van der Waals surface area contributed by atoms with Gasteiger partial charge in [-0.3, -0.25) is 0 Å². The Balaban J connectivity index is 1.67. The molecule has 0 unspecified atom stereocenters. The fourth-order valence-electron chi connectivity index (χ4n) is 2.38. The molecule has 2 amide bonds. The first-order valence-corrected chi connectivity index (χ1v) is 8.09. The summed E-state index contributed by atoms with van der Waals surface area (Å²) in [5, 5.41) is 17.8. The molecule has 0 bridgehead atoms. The summed E-state index contributed by atoms with van der Waals surface area (Å²) < 4.78 is 1.60. The Morgan fingerprint density at radius 1 is 1.20 bits per heavy atom. The van der Waals surface area contributed by atoms with Gasteiger partial charge < -0.3 is 10.6 Å². The molecule has 8 heteroatoms. The molecule has 0 aliphatic heterocycles. The standard InChI is InChI=1S/C17H17ClN6O/c1-11(13-6-8-14(18)9-7-13)19-17(25)20-15-4-3-5-16(10-15)24-12(2)21-22-23-24/h3-11H,1-2H3,(H2,19,20,25)/t11-/m1/s1. The van der Waals surface area contributed by atoms with E-state index in [2.05, 4.69) is 26.2 Å². The minimum Gasteiger partial charge on any atom is -0.331 e. The van der Waals surface area contributed by atoms with Crippen LogP contribution in [0.1, 0.15) is 24.4 Å². The Hall–Kier alpha value is -2.93. The van der Waals surface area contributed by atoms with Gasteiger partial charge in [-0.15, -0.1) is 5.10 Å². The maximum atomic E-state index is 12.2. The lowest BCUT2D eigenvalue weighted by molar-refractivity contribution is 0.249. The van der Waals surface area contributed by atoms with Crippen LogP contribution in [0.25, 0.3) is 5.69 Å². The van der Waals surface area contributed by atoms with Crippen LogP contribution in [0, 0.1) is 6.92 Å². The molecule has 2 N–H and O–H groups in total. The molecular formula is C17H17ClN6O. The van der Waals surface area contributed by atoms with E-state index in [1.165, 1.54) is 0 Å². The van der Waals surface area contributed by atoms with E-state index in [1.54, 1.807) is 35.9 Å². The van der Waals surface area contributed by atoms with Gasteiger partial charge in [0.2, 0.25) is 0 Å². The largest absolute Gasteiger partial charge is 0.331 e. The number of rotatable bonds is 4. The Bertz CT molecular complexity index is 877. The molecule has 128 valence electrons. The monoisotopic (exact) mass is 356 g/mol. The van der Waals surface area contributed by atoms with E-state index < -0.39 is 0 Å². The second kappa shape index (κ2) is 7.31. The maximum Gasteiger partial charge on any atom is 0.319 e. The molecule has 1 atom stereocenters. The molecule has 1 aromatic heterocycles. The van der Waals surface area contributed by atoms with Crippen LogP contribution in [0.5, 0.6) is 0 Å². The van der Waals surface area contributed by atoms with Crippen molar-refractivity contribution in [2.24, 2.45) is 0 Å². The predicted molar refractivity (Wildman–Crippen MR) is 95.9 cm³/mol. The second-order valence-corrected chi connectivity index (χ2v) is 6.00. The molecule has 0 saturated carbocycles. The molecule has 0 spiro atoms. The Kier molecular flexibility index (Phi) is 4.95. The van der Waals surface area contributed by atoms with E-state index >= 15 is 0 Å². The van der Waals surface area contributed by atoms with Crippen molar-refractivity contribution >= 4 is 23.3 Å². The first kappa shape index (κ1) is 16.9. The highest BCUT2D eigenvalue weighted by atomic mass is 35.5. The Labute approximate surface area is 150 Å². The smallest absolute Gasteiger partial charge is 0.319 e. The van der Waals surface area contributed by atoms with Crippen LogP contribution in [0.2, 0.25) is 5.02 Å². The van der Waals surface area contributed by atoms with Crippen molar-refractivity contribution < 1.29 is 4.79 Å². The van der Waals surface area contributed by atoms with E-state index in [9.17, 15) is 4.79 Å². The van der Waals surface area contributed by atoms with Gasteiger partial charge in [0.15, 0.2) is 5.82 Å². The fourth-order valence-corrected chi connectivity index (χ4v) is 2.51. The minimum absolute atomic E-state index is 0.151. The fraction of sp³-hybridized carbons (Fsp3) is 0.176. The number of carbonyl (C=O) groups excluding carboxylic acids is 1. The van der Waals surface area contributed by atoms with E-state index in [1.807, 2.05) is 31.2 Å². The molecule has 2 aromatic carbocycles. The summed E-state index contributed by atoms with van der Waals surface area (Å²) in [6.07, 6.45) is 0. The number of aromatic nitrogens is 4. The molecule has 0 aliphatic carbocycles. The highest BCUT2D eigenvalue weighted by Gasteiger charge is 2.10. The summed E-state index contributed by atoms with van der Waals surface area (Å²) in [5.41, 5.74) is 2.39. The lowest BCUT2D eigenvalue weighted by atomic mass is 10.1. The SMILES string of the molecule is Cc1nnnn1-c1cccc(NC(=O)N[C@H](C)c2ccc(Cl)cc2)c1. The number of amides is 2. The van der Waals surface area contributed by atoms with Crippen molar-refractivity contribution in [1.29, 1.82) is 0 Å². The molecule has 0 fully saturated rings. The van der Waals surface area contributed by atoms with Gasteiger partial charge in [0.1, 0.15) is 0 Å². The van der Waals surface area contributed by atoms with Gasteiger partial charge in [0.25, 0.3) is 0 Å². The molecule has 0 radical (unpaired) electrons. The molecule has 3 aromatic rings. The van der Waals surface area contributed by atoms with E-state index in [0.29, 0.717) is 16.5 Å². The zero-order valence-corrected chi connectivity index (χ0v) is 14.5. The summed E-state index contributed by atoms with van der Waals surface area (Å²) in [6, 6.07) is 14.2. The molecule has 7 nitrogen and oxygen atoms in total. The van der Waals surface area contributed by atoms with Crippen LogP contribution in [-0.4, -0.2) is 26.2 Å². The van der Waals surface area contributed by atoms with Gasteiger partial charge in [-0.05, 0) is 60.2 Å². The van der Waals surface area contributed by atoms with Crippen molar-refractivity contribution in [2.75, 3.05) is 5.32 Å². The average Bonchev–Trinajstić information content (AvgIpc) is 3.01. The van der Waals surface area contributed by atoms with Gasteiger partial charge >= 0.3 is 6.03 Å². The topological polar surface area (TPSA) is 84.7 Å². The quantitative estimate of drug-likeness (QED) is 0.749. The van der Waals surface area contributed by atoms with Gasteiger partial charge in [0.05, 0.1) is 11.7 Å². The predicted octanol–water partition coefficient (Wildman–Crippen LogP) is 3.51. The minimum atomic E-state index is -0.298. The van der Waals surface area contributed by atoms with Crippen LogP contribution in [0.3, 0.4) is 0 Å². The van der Waals surface area contributed by atoms with Crippen molar-refractivity contribution in [2.45, 2.75) is 19.9 Å². The molecule has 0 saturated heterocycles. The third kappa shape index (κ3) is 4.13. The molecule has 1 heterocycles. The number of aryl methyl sites for hydroxylation is 1. The number of nitrogens with zero attached hydrogens (tertiary/aromatic N) is 4. The van der Waals surface area contributed by atoms with E-state index in [4.69, 9.17) is 11.6 Å². The molecule has 3 rings (SSSR count). The summed E-state index contributed by atoms with van der Waals surface area (Å²) in [6.45, 7) is 3.71. The number of anilines is 1. The molecular weight excluding hydrogens is 340 g/mol. The first-order chi connectivity index (χ1) is 12.0. The van der Waals surface area contributed by atoms with Crippen molar-refractivity contribution in [3.63, 3.8) is 0 Å². The van der Waals surface area contributed by atoms with Crippen molar-refractivity contribution in [1.82, 2.24) is 25.5 Å². The van der Waals surface area contributed by atoms with Crippen molar-refractivity contribution in [3.05, 3.63) is 64.9 Å². The summed E-state index contributed by atoms with van der Waals surface area (Å²) in [4.78, 5) is 12.2. The van der Waals surface area contributed by atoms with Gasteiger partial charge in [-0.25, -0.2) is 4.79 Å². The van der Waals surface area contributed by atoms with Crippen LogP contribution >= 0.6 is 11.6 Å². The number of benzene rings is 2. The van der Waals surface area contributed by atoms with E-state index in [0.717, 1.165) is 11.3 Å². The maximum absolute atomic E-state index is 12.2. The first-order valence-electron chi connectivity index (χ1n) is 7.71. The summed E-state index contributed by atoms with van der Waals surface area (Å²) >= 11 is 5.88. The normalized spacial score (nSPS) is 11.8. The average molecular weight is 357 g/mol. The zero-order chi connectivity index (χ0) is 17.8. The summed E-state index contributed by atoms with van der Waals surface area (Å²) in [5.74, 6) is 0.665. The number of tetrazole rings is 1. The molecule has 25 heavy (non-hydrogen) atoms. The Morgan fingerprint density at radius 3 is 2.64 bits per heavy atom. The number of hydrogen-bond acceptors (Lipinski definition) is 4. The lowest BCUT2D eigenvalue weighted by Gasteiger charge is -2.15. The van der Waals surface area contributed by atoms with Crippen LogP contribution in [0.15, 0.2) is 48.5 Å². The molecule has 0 aliphatic rings. The third-order valence-corrected chi connectivity index (χ3v) is 3.94. The van der Waals surface area contributed by atoms with Crippen LogP contribution in [0.4, 0.5) is 10.5 Å². The van der Waals surface area contributed by atoms with Gasteiger partial charge in [-0.2, -0.15) is 4.68 Å². The van der Waals surface area contributed by atoms with Gasteiger partial charge in [-0.1, -0.05) is 29.8 Å². The number of urea groups is 1. The lowest BCUT2D eigenvalue weighted by Crippen LogP contribution is -2.31. The number of halogens is 1. The number of hydrogen-bond donors (Lipinski definition) is 2. The Morgan fingerprint density at radius 2 is 1.96 bits per heavy atom. The van der Waals surface area contributed by atoms with Crippen LogP contribution < -0.4 is 10.6 Å². The van der Waals surface area contributed by atoms with Gasteiger partial charge in [0, 0.05) is 10.7 Å². The highest BCUT2D eigenvalue weighted by molar-refractivity contribution is 6.30. The highest BCUT2D eigenvalue weighted by Crippen LogP contribution is 2.17. The third-order valence-electron chi connectivity index (χ3n) is 3.69. The zero-order valence-electron chi connectivity index (χ0n) is 13.8. The summed E-state index contributed by atoms with van der Waals surface area (Å²) in [7, 11) is 0. The van der Waals surface area contributed by atoms with Crippen LogP contribution in [-0.2, 0) is 0 Å². The number of carbonyl (C=O) groups is 1. The van der Waals surface area contributed by atoms with E-state index in [-0.39, 0.29) is 12.1 Å². The second-order valence-electron chi connectivity index (χ2n) is 5.56.